The van der Waals surface area contributed by atoms with E-state index in [4.69, 9.17) is 4.74 Å². The molecule has 0 saturated carbocycles. The number of nitrogens with one attached hydrogen (secondary N) is 1. The largest absolute Gasteiger partial charge is 0.465 e. The number of hydrogen-bond acceptors (Lipinski definition) is 6. The lowest BCUT2D eigenvalue weighted by molar-refractivity contribution is 0.0601. The minimum Gasteiger partial charge on any atom is -0.465 e. The summed E-state index contributed by atoms with van der Waals surface area (Å²) in [6.45, 7) is 3.91. The second-order valence-corrected chi connectivity index (χ2v) is 6.43. The van der Waals surface area contributed by atoms with Gasteiger partial charge in [-0.05, 0) is 38.1 Å². The van der Waals surface area contributed by atoms with Crippen molar-refractivity contribution in [3.8, 4) is 0 Å². The maximum atomic E-state index is 12.4. The normalized spacial score (nSPS) is 11.0. The molecule has 2 aromatic heterocycles. The second-order valence-electron chi connectivity index (χ2n) is 5.40. The first-order valence-electron chi connectivity index (χ1n) is 7.33. The fourth-order valence-electron chi connectivity index (χ4n) is 2.29. The van der Waals surface area contributed by atoms with Crippen LogP contribution in [0.1, 0.15) is 40.7 Å². The Morgan fingerprint density at radius 2 is 2.08 bits per heavy atom. The number of methoxy groups -OCH3 is 1. The highest BCUT2D eigenvalue weighted by Crippen LogP contribution is 2.27. The smallest absolute Gasteiger partial charge is 0.337 e. The molecule has 0 spiro atoms. The molecule has 0 unspecified atom stereocenters. The summed E-state index contributed by atoms with van der Waals surface area (Å²) in [7, 11) is 1.34. The zero-order valence-corrected chi connectivity index (χ0v) is 14.3. The quantitative estimate of drug-likeness (QED) is 0.735. The van der Waals surface area contributed by atoms with E-state index < -0.39 is 5.97 Å². The molecule has 1 aromatic carbocycles. The molecule has 2 heterocycles. The summed E-state index contributed by atoms with van der Waals surface area (Å²) in [4.78, 5) is 28.4. The van der Waals surface area contributed by atoms with Gasteiger partial charge in [0.15, 0.2) is 5.13 Å². The van der Waals surface area contributed by atoms with Crippen LogP contribution in [0.4, 0.5) is 5.13 Å². The minimum absolute atomic E-state index is 0.0822. The van der Waals surface area contributed by atoms with Gasteiger partial charge in [0.05, 0.1) is 22.9 Å². The lowest BCUT2D eigenvalue weighted by Crippen LogP contribution is -2.18. The fourth-order valence-corrected chi connectivity index (χ4v) is 3.19. The van der Waals surface area contributed by atoms with Gasteiger partial charge in [-0.25, -0.2) is 9.78 Å². The van der Waals surface area contributed by atoms with Crippen molar-refractivity contribution in [2.75, 3.05) is 12.4 Å². The molecule has 8 heteroatoms. The van der Waals surface area contributed by atoms with E-state index in [1.165, 1.54) is 18.4 Å². The molecule has 0 radical (unpaired) electrons. The highest BCUT2D eigenvalue weighted by molar-refractivity contribution is 7.22. The van der Waals surface area contributed by atoms with Crippen LogP contribution in [0.5, 0.6) is 0 Å². The molecule has 7 nitrogen and oxygen atoms in total. The van der Waals surface area contributed by atoms with E-state index in [2.05, 4.69) is 15.4 Å². The number of rotatable bonds is 4. The first-order chi connectivity index (χ1) is 11.5. The van der Waals surface area contributed by atoms with Crippen LogP contribution in [0.2, 0.25) is 0 Å². The molecular weight excluding hydrogens is 328 g/mol. The number of amides is 1. The molecule has 0 bridgehead atoms. The van der Waals surface area contributed by atoms with Gasteiger partial charge in [0, 0.05) is 12.2 Å². The van der Waals surface area contributed by atoms with Gasteiger partial charge in [-0.2, -0.15) is 5.10 Å². The molecular formula is C16H16N4O3S. The number of carbonyl (C=O) groups excluding carboxylic acids is 2. The molecule has 0 aliphatic rings. The Bertz CT molecular complexity index is 913. The summed E-state index contributed by atoms with van der Waals surface area (Å²) in [5.41, 5.74) is 1.63. The second kappa shape index (κ2) is 6.40. The van der Waals surface area contributed by atoms with E-state index in [-0.39, 0.29) is 11.9 Å². The number of esters is 1. The highest BCUT2D eigenvalue weighted by atomic mass is 32.1. The predicted octanol–water partition coefficient (Wildman–Crippen LogP) is 3.11. The molecule has 124 valence electrons. The van der Waals surface area contributed by atoms with Crippen molar-refractivity contribution in [1.29, 1.82) is 0 Å². The molecule has 0 fully saturated rings. The van der Waals surface area contributed by atoms with Crippen molar-refractivity contribution in [1.82, 2.24) is 14.8 Å². The summed E-state index contributed by atoms with van der Waals surface area (Å²) in [6, 6.07) is 6.82. The Labute approximate surface area is 142 Å². The number of benzene rings is 1. The summed E-state index contributed by atoms with van der Waals surface area (Å²) in [6.07, 6.45) is 1.59. The maximum Gasteiger partial charge on any atom is 0.337 e. The summed E-state index contributed by atoms with van der Waals surface area (Å²) in [5.74, 6) is -0.676. The number of ether oxygens (including phenoxy) is 1. The average Bonchev–Trinajstić information content (AvgIpc) is 3.19. The molecule has 0 atom stereocenters. The molecule has 1 amide bonds. The number of anilines is 1. The van der Waals surface area contributed by atoms with Crippen LogP contribution in [-0.2, 0) is 4.74 Å². The molecule has 0 aliphatic carbocycles. The van der Waals surface area contributed by atoms with Crippen molar-refractivity contribution in [3.63, 3.8) is 0 Å². The molecule has 0 aliphatic heterocycles. The van der Waals surface area contributed by atoms with Crippen molar-refractivity contribution in [3.05, 3.63) is 41.7 Å². The molecule has 24 heavy (non-hydrogen) atoms. The average molecular weight is 344 g/mol. The number of fused-ring (bicyclic) bond motifs is 1. The van der Waals surface area contributed by atoms with Crippen LogP contribution >= 0.6 is 11.3 Å². The Hall–Kier alpha value is -2.74. The third-order valence-electron chi connectivity index (χ3n) is 3.42. The third kappa shape index (κ3) is 3.00. The molecule has 0 saturated heterocycles. The lowest BCUT2D eigenvalue weighted by Gasteiger charge is -2.09. The fraction of sp³-hybridized carbons (Fsp3) is 0.250. The van der Waals surface area contributed by atoms with Crippen LogP contribution in [-0.4, -0.2) is 33.8 Å². The molecule has 1 N–H and O–H groups in total. The lowest BCUT2D eigenvalue weighted by atomic mass is 10.2. The SMILES string of the molecule is COC(=O)c1ccc2nc(NC(=O)c3ccnn3C(C)C)sc2c1. The third-order valence-corrected chi connectivity index (χ3v) is 4.36. The van der Waals surface area contributed by atoms with Gasteiger partial charge in [-0.15, -0.1) is 0 Å². The highest BCUT2D eigenvalue weighted by Gasteiger charge is 2.16. The number of hydrogen-bond donors (Lipinski definition) is 1. The molecule has 3 aromatic rings. The van der Waals surface area contributed by atoms with Gasteiger partial charge >= 0.3 is 5.97 Å². The van der Waals surface area contributed by atoms with E-state index >= 15 is 0 Å². The van der Waals surface area contributed by atoms with Gasteiger partial charge < -0.3 is 4.74 Å². The Morgan fingerprint density at radius 1 is 1.29 bits per heavy atom. The predicted molar refractivity (Wildman–Crippen MR) is 91.5 cm³/mol. The van der Waals surface area contributed by atoms with Crippen LogP contribution in [0.3, 0.4) is 0 Å². The van der Waals surface area contributed by atoms with Gasteiger partial charge in [0.25, 0.3) is 5.91 Å². The van der Waals surface area contributed by atoms with Gasteiger partial charge in [-0.3, -0.25) is 14.8 Å². The molecule has 3 rings (SSSR count). The van der Waals surface area contributed by atoms with Crippen molar-refractivity contribution < 1.29 is 14.3 Å². The first kappa shape index (κ1) is 16.1. The Kier molecular flexibility index (Phi) is 4.30. The monoisotopic (exact) mass is 344 g/mol. The van der Waals surface area contributed by atoms with Crippen molar-refractivity contribution in [2.24, 2.45) is 0 Å². The number of carbonyl (C=O) groups is 2. The Morgan fingerprint density at radius 3 is 2.79 bits per heavy atom. The van der Waals surface area contributed by atoms with Crippen molar-refractivity contribution >= 4 is 38.6 Å². The Balaban J connectivity index is 1.86. The van der Waals surface area contributed by atoms with Gasteiger partial charge in [0.2, 0.25) is 0 Å². The minimum atomic E-state index is -0.406. The summed E-state index contributed by atoms with van der Waals surface area (Å²) >= 11 is 1.30. The van der Waals surface area contributed by atoms with Crippen LogP contribution in [0.25, 0.3) is 10.2 Å². The van der Waals surface area contributed by atoms with E-state index in [1.807, 2.05) is 13.8 Å². The number of nitrogens with zero attached hydrogens (tertiary/aromatic N) is 3. The number of aromatic nitrogens is 3. The standard InChI is InChI=1S/C16H16N4O3S/c1-9(2)20-12(6-7-17-20)14(21)19-16-18-11-5-4-10(15(22)23-3)8-13(11)24-16/h4-9H,1-3H3,(H,18,19,21). The van der Waals surface area contributed by atoms with E-state index in [1.54, 1.807) is 35.1 Å². The van der Waals surface area contributed by atoms with Crippen molar-refractivity contribution in [2.45, 2.75) is 19.9 Å². The van der Waals surface area contributed by atoms with Crippen LogP contribution < -0.4 is 5.32 Å². The van der Waals surface area contributed by atoms with Gasteiger partial charge in [0.1, 0.15) is 5.69 Å². The zero-order valence-electron chi connectivity index (χ0n) is 13.4. The first-order valence-corrected chi connectivity index (χ1v) is 8.15. The van der Waals surface area contributed by atoms with E-state index in [0.29, 0.717) is 21.9 Å². The van der Waals surface area contributed by atoms with Gasteiger partial charge in [-0.1, -0.05) is 11.3 Å². The van der Waals surface area contributed by atoms with E-state index in [0.717, 1.165) is 4.70 Å². The summed E-state index contributed by atoms with van der Waals surface area (Å²) in [5, 5.41) is 7.40. The van der Waals surface area contributed by atoms with Crippen LogP contribution in [0.15, 0.2) is 30.5 Å². The topological polar surface area (TPSA) is 86.1 Å². The number of thiazole rings is 1. The van der Waals surface area contributed by atoms with Crippen LogP contribution in [0, 0.1) is 0 Å². The maximum absolute atomic E-state index is 12.4. The van der Waals surface area contributed by atoms with E-state index in [9.17, 15) is 9.59 Å². The zero-order chi connectivity index (χ0) is 17.3. The summed E-state index contributed by atoms with van der Waals surface area (Å²) < 4.78 is 7.15.